The molecule has 0 spiro atoms. The third kappa shape index (κ3) is 3.82. The van der Waals surface area contributed by atoms with Crippen molar-refractivity contribution >= 4 is 17.3 Å². The Labute approximate surface area is 151 Å². The normalized spacial score (nSPS) is 14.8. The monoisotopic (exact) mass is 357 g/mol. The Morgan fingerprint density at radius 3 is 2.65 bits per heavy atom. The van der Waals surface area contributed by atoms with Crippen molar-refractivity contribution < 1.29 is 14.1 Å². The molecule has 1 heterocycles. The first kappa shape index (κ1) is 17.8. The zero-order chi connectivity index (χ0) is 18.7. The number of amides is 1. The molecule has 2 aromatic carbocycles. The van der Waals surface area contributed by atoms with E-state index in [2.05, 4.69) is 0 Å². The van der Waals surface area contributed by atoms with Crippen molar-refractivity contribution in [1.29, 1.82) is 0 Å². The zero-order valence-electron chi connectivity index (χ0n) is 14.5. The number of nitrogens with zero attached hydrogens (tertiary/aromatic N) is 3. The second-order valence-corrected chi connectivity index (χ2v) is 6.39. The number of anilines is 1. The van der Waals surface area contributed by atoms with Crippen LogP contribution in [0, 0.1) is 22.9 Å². The molecule has 3 rings (SSSR count). The maximum absolute atomic E-state index is 13.6. The lowest BCUT2D eigenvalue weighted by Gasteiger charge is -2.23. The summed E-state index contributed by atoms with van der Waals surface area (Å²) in [5.74, 6) is -0.563. The molecule has 2 aromatic rings. The summed E-state index contributed by atoms with van der Waals surface area (Å²) >= 11 is 0. The molecule has 1 aliphatic heterocycles. The first-order valence-corrected chi connectivity index (χ1v) is 8.50. The standard InChI is InChI=1S/C19H20FN3O3/c1-14-4-2-5-15(12-14)19(24)22-9-3-8-21(10-11-22)18-13-16(20)6-7-17(18)23(25)26/h2,4-7,12-13H,3,8-11H2,1H3. The fraction of sp³-hybridized carbons (Fsp3) is 0.316. The van der Waals surface area contributed by atoms with Gasteiger partial charge in [-0.25, -0.2) is 4.39 Å². The molecule has 0 atom stereocenters. The molecule has 0 aromatic heterocycles. The van der Waals surface area contributed by atoms with E-state index >= 15 is 0 Å². The maximum Gasteiger partial charge on any atom is 0.292 e. The molecule has 1 amide bonds. The molecule has 6 nitrogen and oxygen atoms in total. The third-order valence-electron chi connectivity index (χ3n) is 4.52. The van der Waals surface area contributed by atoms with Crippen molar-refractivity contribution in [1.82, 2.24) is 4.90 Å². The van der Waals surface area contributed by atoms with Crippen molar-refractivity contribution in [2.75, 3.05) is 31.1 Å². The number of aryl methyl sites for hydroxylation is 1. The quantitative estimate of drug-likeness (QED) is 0.624. The molecule has 0 bridgehead atoms. The Morgan fingerprint density at radius 2 is 1.92 bits per heavy atom. The fourth-order valence-electron chi connectivity index (χ4n) is 3.23. The lowest BCUT2D eigenvalue weighted by Crippen LogP contribution is -2.35. The number of halogens is 1. The summed E-state index contributed by atoms with van der Waals surface area (Å²) in [5, 5.41) is 11.2. The SMILES string of the molecule is Cc1cccc(C(=O)N2CCCN(c3cc(F)ccc3[N+](=O)[O-])CC2)c1. The lowest BCUT2D eigenvalue weighted by atomic mass is 10.1. The van der Waals surface area contributed by atoms with E-state index in [1.807, 2.05) is 25.1 Å². The van der Waals surface area contributed by atoms with Gasteiger partial charge in [0.25, 0.3) is 11.6 Å². The van der Waals surface area contributed by atoms with Gasteiger partial charge in [0.1, 0.15) is 11.5 Å². The predicted octanol–water partition coefficient (Wildman–Crippen LogP) is 3.39. The molecule has 136 valence electrons. The molecule has 1 fully saturated rings. The van der Waals surface area contributed by atoms with Crippen LogP contribution in [0.25, 0.3) is 0 Å². The molecule has 0 radical (unpaired) electrons. The highest BCUT2D eigenvalue weighted by Gasteiger charge is 2.25. The molecular weight excluding hydrogens is 337 g/mol. The van der Waals surface area contributed by atoms with Gasteiger partial charge in [-0.15, -0.1) is 0 Å². The van der Waals surface area contributed by atoms with Crippen LogP contribution < -0.4 is 4.90 Å². The topological polar surface area (TPSA) is 66.7 Å². The van der Waals surface area contributed by atoms with Gasteiger partial charge in [-0.2, -0.15) is 0 Å². The van der Waals surface area contributed by atoms with E-state index in [1.54, 1.807) is 15.9 Å². The number of nitro benzene ring substituents is 1. The van der Waals surface area contributed by atoms with Crippen molar-refractivity contribution in [2.24, 2.45) is 0 Å². The molecule has 7 heteroatoms. The number of nitro groups is 1. The zero-order valence-corrected chi connectivity index (χ0v) is 14.5. The molecule has 1 aliphatic rings. The molecule has 1 saturated heterocycles. The summed E-state index contributed by atoms with van der Waals surface area (Å²) in [6, 6.07) is 10.9. The maximum atomic E-state index is 13.6. The van der Waals surface area contributed by atoms with Crippen molar-refractivity contribution in [2.45, 2.75) is 13.3 Å². The smallest absolute Gasteiger partial charge is 0.292 e. The van der Waals surface area contributed by atoms with Gasteiger partial charge in [-0.05, 0) is 31.5 Å². The van der Waals surface area contributed by atoms with Gasteiger partial charge in [-0.1, -0.05) is 17.7 Å². The molecule has 0 saturated carbocycles. The summed E-state index contributed by atoms with van der Waals surface area (Å²) in [5.41, 5.74) is 1.79. The molecular formula is C19H20FN3O3. The van der Waals surface area contributed by atoms with Gasteiger partial charge < -0.3 is 9.80 Å². The number of benzene rings is 2. The van der Waals surface area contributed by atoms with E-state index in [9.17, 15) is 19.3 Å². The number of carbonyl (C=O) groups is 1. The fourth-order valence-corrected chi connectivity index (χ4v) is 3.23. The molecule has 0 N–H and O–H groups in total. The van der Waals surface area contributed by atoms with Crippen molar-refractivity contribution in [3.8, 4) is 0 Å². The Balaban J connectivity index is 1.78. The van der Waals surface area contributed by atoms with Gasteiger partial charge in [0.05, 0.1) is 4.92 Å². The summed E-state index contributed by atoms with van der Waals surface area (Å²) in [4.78, 5) is 27.0. The minimum atomic E-state index is -0.512. The van der Waals surface area contributed by atoms with Crippen LogP contribution in [-0.2, 0) is 0 Å². The highest BCUT2D eigenvalue weighted by atomic mass is 19.1. The van der Waals surface area contributed by atoms with Crippen LogP contribution in [0.3, 0.4) is 0 Å². The van der Waals surface area contributed by atoms with Gasteiger partial charge in [0, 0.05) is 43.9 Å². The van der Waals surface area contributed by atoms with Gasteiger partial charge in [0.2, 0.25) is 0 Å². The Morgan fingerprint density at radius 1 is 1.12 bits per heavy atom. The van der Waals surface area contributed by atoms with Crippen LogP contribution >= 0.6 is 0 Å². The summed E-state index contributed by atoms with van der Waals surface area (Å²) in [6.07, 6.45) is 0.658. The summed E-state index contributed by atoms with van der Waals surface area (Å²) < 4.78 is 13.6. The van der Waals surface area contributed by atoms with Crippen LogP contribution in [0.15, 0.2) is 42.5 Å². The highest BCUT2D eigenvalue weighted by Crippen LogP contribution is 2.29. The number of hydrogen-bond acceptors (Lipinski definition) is 4. The second-order valence-electron chi connectivity index (χ2n) is 6.39. The Hall–Kier alpha value is -2.96. The van der Waals surface area contributed by atoms with Gasteiger partial charge >= 0.3 is 0 Å². The van der Waals surface area contributed by atoms with Crippen LogP contribution in [-0.4, -0.2) is 41.9 Å². The van der Waals surface area contributed by atoms with E-state index in [4.69, 9.17) is 0 Å². The average Bonchev–Trinajstić information content (AvgIpc) is 2.87. The molecule has 26 heavy (non-hydrogen) atoms. The van der Waals surface area contributed by atoms with E-state index in [0.717, 1.165) is 11.6 Å². The average molecular weight is 357 g/mol. The third-order valence-corrected chi connectivity index (χ3v) is 4.52. The second kappa shape index (κ2) is 7.51. The van der Waals surface area contributed by atoms with E-state index in [-0.39, 0.29) is 17.3 Å². The van der Waals surface area contributed by atoms with Crippen molar-refractivity contribution in [3.63, 3.8) is 0 Å². The highest BCUT2D eigenvalue weighted by molar-refractivity contribution is 5.94. The molecule has 0 aliphatic carbocycles. The van der Waals surface area contributed by atoms with Gasteiger partial charge in [-0.3, -0.25) is 14.9 Å². The van der Waals surface area contributed by atoms with Crippen molar-refractivity contribution in [3.05, 3.63) is 69.5 Å². The minimum absolute atomic E-state index is 0.0516. The van der Waals surface area contributed by atoms with E-state index in [0.29, 0.717) is 38.2 Å². The number of carbonyl (C=O) groups excluding carboxylic acids is 1. The number of hydrogen-bond donors (Lipinski definition) is 0. The van der Waals surface area contributed by atoms with Gasteiger partial charge in [0.15, 0.2) is 0 Å². The van der Waals surface area contributed by atoms with E-state index < -0.39 is 10.7 Å². The lowest BCUT2D eigenvalue weighted by molar-refractivity contribution is -0.384. The minimum Gasteiger partial charge on any atom is -0.364 e. The predicted molar refractivity (Wildman–Crippen MR) is 97.0 cm³/mol. The van der Waals surface area contributed by atoms with Crippen LogP contribution in [0.1, 0.15) is 22.3 Å². The Bertz CT molecular complexity index is 841. The largest absolute Gasteiger partial charge is 0.364 e. The van der Waals surface area contributed by atoms with Crippen LogP contribution in [0.4, 0.5) is 15.8 Å². The van der Waals surface area contributed by atoms with Crippen LogP contribution in [0.2, 0.25) is 0 Å². The summed E-state index contributed by atoms with van der Waals surface area (Å²) in [6.45, 7) is 3.88. The summed E-state index contributed by atoms with van der Waals surface area (Å²) in [7, 11) is 0. The first-order chi connectivity index (χ1) is 12.5. The molecule has 0 unspecified atom stereocenters. The van der Waals surface area contributed by atoms with E-state index in [1.165, 1.54) is 12.1 Å². The Kier molecular flexibility index (Phi) is 5.16. The first-order valence-electron chi connectivity index (χ1n) is 8.50. The van der Waals surface area contributed by atoms with Crippen LogP contribution in [0.5, 0.6) is 0 Å². The number of rotatable bonds is 3.